The molecule has 0 radical (unpaired) electrons. The van der Waals surface area contributed by atoms with E-state index in [1.807, 2.05) is 44.2 Å². The topological polar surface area (TPSA) is 137 Å². The van der Waals surface area contributed by atoms with Gasteiger partial charge in [0.2, 0.25) is 5.89 Å². The number of hydrogen-bond donors (Lipinski definition) is 1. The summed E-state index contributed by atoms with van der Waals surface area (Å²) in [5.41, 5.74) is 8.34. The molecule has 34 heavy (non-hydrogen) atoms. The van der Waals surface area contributed by atoms with Gasteiger partial charge in [0.05, 0.1) is 35.2 Å². The molecule has 0 bridgehead atoms. The van der Waals surface area contributed by atoms with Gasteiger partial charge in [-0.25, -0.2) is 9.97 Å². The Balaban J connectivity index is 1.42. The normalized spacial score (nSPS) is 13.8. The van der Waals surface area contributed by atoms with Gasteiger partial charge in [-0.1, -0.05) is 0 Å². The standard InChI is InChI=1S/C25H23N7O2/c1-25(2,14-26)20-12-16(10-11-28-20)19-13-29-22(27)21(30-19)24-32-31-23(34-24)15-6-8-18(9-7-15)33-17-4-3-5-17/h6-13,17H,3-5H2,1-2H3,(H2,27,29). The lowest BCUT2D eigenvalue weighted by molar-refractivity contribution is 0.120. The summed E-state index contributed by atoms with van der Waals surface area (Å²) in [6.45, 7) is 3.62. The van der Waals surface area contributed by atoms with Crippen molar-refractivity contribution in [1.29, 1.82) is 5.26 Å². The molecule has 9 heteroatoms. The van der Waals surface area contributed by atoms with Crippen molar-refractivity contribution in [3.8, 4) is 46.1 Å². The SMILES string of the molecule is CC(C)(C#N)c1cc(-c2cnc(N)c(-c3nnc(-c4ccc(OC5CCC5)cc4)o3)n2)ccn1. The maximum atomic E-state index is 9.43. The van der Waals surface area contributed by atoms with E-state index in [0.29, 0.717) is 29.1 Å². The quantitative estimate of drug-likeness (QED) is 0.445. The highest BCUT2D eigenvalue weighted by Crippen LogP contribution is 2.31. The molecule has 0 atom stereocenters. The number of rotatable bonds is 6. The number of nitriles is 1. The van der Waals surface area contributed by atoms with E-state index < -0.39 is 5.41 Å². The number of nitrogens with zero attached hydrogens (tertiary/aromatic N) is 6. The van der Waals surface area contributed by atoms with E-state index in [2.05, 4.69) is 31.2 Å². The number of hydrogen-bond acceptors (Lipinski definition) is 9. The van der Waals surface area contributed by atoms with E-state index in [1.54, 1.807) is 18.5 Å². The molecule has 0 amide bonds. The van der Waals surface area contributed by atoms with Gasteiger partial charge in [0.25, 0.3) is 5.89 Å². The number of ether oxygens (including phenoxy) is 1. The molecule has 1 aliphatic rings. The summed E-state index contributed by atoms with van der Waals surface area (Å²) in [4.78, 5) is 13.2. The molecular formula is C25H23N7O2. The second-order valence-electron chi connectivity index (χ2n) is 8.76. The van der Waals surface area contributed by atoms with Crippen LogP contribution in [-0.4, -0.2) is 31.3 Å². The minimum Gasteiger partial charge on any atom is -0.490 e. The fraction of sp³-hybridized carbons (Fsp3) is 0.280. The zero-order chi connectivity index (χ0) is 23.7. The van der Waals surface area contributed by atoms with E-state index in [4.69, 9.17) is 14.9 Å². The highest BCUT2D eigenvalue weighted by Gasteiger charge is 2.23. The molecule has 170 valence electrons. The molecule has 1 saturated carbocycles. The number of benzene rings is 1. The van der Waals surface area contributed by atoms with Crippen LogP contribution >= 0.6 is 0 Å². The minimum absolute atomic E-state index is 0.170. The Hall–Kier alpha value is -4.32. The summed E-state index contributed by atoms with van der Waals surface area (Å²) in [5.74, 6) is 1.52. The summed E-state index contributed by atoms with van der Waals surface area (Å²) < 4.78 is 11.8. The average Bonchev–Trinajstić information content (AvgIpc) is 3.32. The molecule has 0 spiro atoms. The fourth-order valence-electron chi connectivity index (χ4n) is 3.48. The van der Waals surface area contributed by atoms with Crippen LogP contribution in [-0.2, 0) is 5.41 Å². The fourth-order valence-corrected chi connectivity index (χ4v) is 3.48. The molecule has 9 nitrogen and oxygen atoms in total. The van der Waals surface area contributed by atoms with Gasteiger partial charge in [0.1, 0.15) is 5.75 Å². The Labute approximate surface area is 196 Å². The van der Waals surface area contributed by atoms with Crippen molar-refractivity contribution in [1.82, 2.24) is 25.1 Å². The van der Waals surface area contributed by atoms with E-state index in [1.165, 1.54) is 6.42 Å². The lowest BCUT2D eigenvalue weighted by Crippen LogP contribution is -2.24. The van der Waals surface area contributed by atoms with E-state index in [9.17, 15) is 5.26 Å². The number of anilines is 1. The monoisotopic (exact) mass is 453 g/mol. The van der Waals surface area contributed by atoms with Crippen molar-refractivity contribution in [3.63, 3.8) is 0 Å². The zero-order valence-electron chi connectivity index (χ0n) is 18.9. The Morgan fingerprint density at radius 1 is 1.06 bits per heavy atom. The van der Waals surface area contributed by atoms with Crippen LogP contribution < -0.4 is 10.5 Å². The van der Waals surface area contributed by atoms with Gasteiger partial charge >= 0.3 is 0 Å². The molecular weight excluding hydrogens is 430 g/mol. The van der Waals surface area contributed by atoms with E-state index in [-0.39, 0.29) is 11.7 Å². The van der Waals surface area contributed by atoms with Crippen LogP contribution in [0.5, 0.6) is 5.75 Å². The largest absolute Gasteiger partial charge is 0.490 e. The molecule has 2 N–H and O–H groups in total. The number of aromatic nitrogens is 5. The summed E-state index contributed by atoms with van der Waals surface area (Å²) >= 11 is 0. The number of nitrogens with two attached hydrogens (primary N) is 1. The third-order valence-corrected chi connectivity index (χ3v) is 5.86. The van der Waals surface area contributed by atoms with Gasteiger partial charge in [-0.05, 0) is 69.5 Å². The van der Waals surface area contributed by atoms with Gasteiger partial charge in [-0.3, -0.25) is 4.98 Å². The first kappa shape index (κ1) is 21.5. The maximum Gasteiger partial charge on any atom is 0.270 e. The Bertz CT molecular complexity index is 1370. The first-order valence-electron chi connectivity index (χ1n) is 11.0. The average molecular weight is 454 g/mol. The van der Waals surface area contributed by atoms with Crippen LogP contribution in [0.1, 0.15) is 38.8 Å². The van der Waals surface area contributed by atoms with Crippen LogP contribution in [0.15, 0.2) is 53.2 Å². The Morgan fingerprint density at radius 3 is 2.53 bits per heavy atom. The van der Waals surface area contributed by atoms with Crippen molar-refractivity contribution < 1.29 is 9.15 Å². The summed E-state index contributed by atoms with van der Waals surface area (Å²) in [6, 6.07) is 13.4. The predicted molar refractivity (Wildman–Crippen MR) is 125 cm³/mol. The molecule has 3 heterocycles. The smallest absolute Gasteiger partial charge is 0.270 e. The molecule has 0 unspecified atom stereocenters. The van der Waals surface area contributed by atoms with Crippen molar-refractivity contribution in [3.05, 3.63) is 54.5 Å². The van der Waals surface area contributed by atoms with Crippen molar-refractivity contribution >= 4 is 5.82 Å². The summed E-state index contributed by atoms with van der Waals surface area (Å²) in [5, 5.41) is 17.7. The van der Waals surface area contributed by atoms with Crippen LogP contribution in [0.25, 0.3) is 34.3 Å². The van der Waals surface area contributed by atoms with Gasteiger partial charge in [-0.15, -0.1) is 10.2 Å². The molecule has 0 aliphatic heterocycles. The third-order valence-electron chi connectivity index (χ3n) is 5.86. The molecule has 1 fully saturated rings. The summed E-state index contributed by atoms with van der Waals surface area (Å²) in [6.07, 6.45) is 6.96. The molecule has 1 aromatic carbocycles. The van der Waals surface area contributed by atoms with Gasteiger partial charge in [0.15, 0.2) is 11.5 Å². The first-order valence-corrected chi connectivity index (χ1v) is 11.0. The van der Waals surface area contributed by atoms with Crippen molar-refractivity contribution in [2.24, 2.45) is 0 Å². The zero-order valence-corrected chi connectivity index (χ0v) is 18.9. The van der Waals surface area contributed by atoms with Gasteiger partial charge < -0.3 is 14.9 Å². The molecule has 3 aromatic heterocycles. The number of nitrogen functional groups attached to an aromatic ring is 1. The molecule has 1 aliphatic carbocycles. The van der Waals surface area contributed by atoms with Crippen LogP contribution in [0.4, 0.5) is 5.82 Å². The van der Waals surface area contributed by atoms with Crippen LogP contribution in [0.3, 0.4) is 0 Å². The van der Waals surface area contributed by atoms with Gasteiger partial charge in [-0.2, -0.15) is 5.26 Å². The van der Waals surface area contributed by atoms with Gasteiger partial charge in [0, 0.05) is 17.3 Å². The summed E-state index contributed by atoms with van der Waals surface area (Å²) in [7, 11) is 0. The van der Waals surface area contributed by atoms with Crippen molar-refractivity contribution in [2.75, 3.05) is 5.73 Å². The molecule has 0 saturated heterocycles. The van der Waals surface area contributed by atoms with Crippen LogP contribution in [0, 0.1) is 11.3 Å². The lowest BCUT2D eigenvalue weighted by atomic mass is 9.90. The third kappa shape index (κ3) is 4.18. The highest BCUT2D eigenvalue weighted by molar-refractivity contribution is 5.69. The highest BCUT2D eigenvalue weighted by atomic mass is 16.5. The first-order chi connectivity index (χ1) is 16.4. The second-order valence-corrected chi connectivity index (χ2v) is 8.76. The van der Waals surface area contributed by atoms with E-state index in [0.717, 1.165) is 29.7 Å². The predicted octanol–water partition coefficient (Wildman–Crippen LogP) is 4.57. The Morgan fingerprint density at radius 2 is 1.82 bits per heavy atom. The number of pyridine rings is 1. The molecule has 5 rings (SSSR count). The maximum absolute atomic E-state index is 9.43. The van der Waals surface area contributed by atoms with Crippen molar-refractivity contribution in [2.45, 2.75) is 44.6 Å². The Kier molecular flexibility index (Phi) is 5.42. The minimum atomic E-state index is -0.736. The van der Waals surface area contributed by atoms with Crippen LogP contribution in [0.2, 0.25) is 0 Å². The lowest BCUT2D eigenvalue weighted by Gasteiger charge is -2.26. The second kappa shape index (κ2) is 8.56. The van der Waals surface area contributed by atoms with E-state index >= 15 is 0 Å². The molecule has 4 aromatic rings.